The minimum Gasteiger partial charge on any atom is -0.448 e. The first-order valence-electron chi connectivity index (χ1n) is 6.90. The van der Waals surface area contributed by atoms with E-state index in [1.807, 2.05) is 17.0 Å². The van der Waals surface area contributed by atoms with Gasteiger partial charge in [0, 0.05) is 13.1 Å². The Morgan fingerprint density at radius 2 is 1.68 bits per heavy atom. The molecule has 0 saturated carbocycles. The molecule has 0 spiro atoms. The molecule has 0 amide bonds. The Kier molecular flexibility index (Phi) is 3.28. The number of halogens is 2. The van der Waals surface area contributed by atoms with Crippen molar-refractivity contribution in [1.82, 2.24) is 4.98 Å². The van der Waals surface area contributed by atoms with Crippen LogP contribution in [0.1, 0.15) is 0 Å². The Morgan fingerprint density at radius 1 is 1.05 bits per heavy atom. The van der Waals surface area contributed by atoms with Crippen LogP contribution in [0.3, 0.4) is 0 Å². The lowest BCUT2D eigenvalue weighted by molar-refractivity contribution is 0.122. The normalized spacial score (nSPS) is 16.4. The van der Waals surface area contributed by atoms with E-state index in [1.165, 1.54) is 0 Å². The van der Waals surface area contributed by atoms with E-state index in [9.17, 15) is 4.39 Å². The number of benzene rings is 1. The summed E-state index contributed by atoms with van der Waals surface area (Å²) in [5.74, 6) is 1.16. The maximum absolute atomic E-state index is 14.1. The lowest BCUT2D eigenvalue weighted by Gasteiger charge is -2.31. The number of nitrogens with zero attached hydrogens (tertiary/aromatic N) is 2. The minimum absolute atomic E-state index is 0.161. The lowest BCUT2D eigenvalue weighted by Crippen LogP contribution is -2.37. The van der Waals surface area contributed by atoms with Gasteiger partial charge < -0.3 is 19.1 Å². The average molecular weight is 323 g/mol. The van der Waals surface area contributed by atoms with Crippen molar-refractivity contribution in [3.05, 3.63) is 35.2 Å². The van der Waals surface area contributed by atoms with Crippen LogP contribution in [0.25, 0.3) is 0 Å². The molecule has 2 aromatic rings. The van der Waals surface area contributed by atoms with Crippen molar-refractivity contribution in [3.63, 3.8) is 0 Å². The first-order chi connectivity index (χ1) is 10.7. The highest BCUT2D eigenvalue weighted by Crippen LogP contribution is 2.52. The highest BCUT2D eigenvalue weighted by atomic mass is 35.5. The predicted molar refractivity (Wildman–Crippen MR) is 78.8 cm³/mol. The number of ether oxygens (including phenoxy) is 3. The topological polar surface area (TPSA) is 43.8 Å². The number of anilines is 1. The van der Waals surface area contributed by atoms with Crippen LogP contribution in [0, 0.1) is 5.95 Å². The summed E-state index contributed by atoms with van der Waals surface area (Å²) in [6, 6.07) is 7.15. The van der Waals surface area contributed by atoms with Gasteiger partial charge in [-0.15, -0.1) is 0 Å². The Morgan fingerprint density at radius 3 is 2.36 bits per heavy atom. The molecule has 1 aromatic carbocycles. The molecule has 0 atom stereocenters. The molecule has 0 N–H and O–H groups in total. The van der Waals surface area contributed by atoms with Crippen molar-refractivity contribution in [2.24, 2.45) is 0 Å². The molecule has 4 rings (SSSR count). The zero-order valence-electron chi connectivity index (χ0n) is 11.5. The van der Waals surface area contributed by atoms with E-state index in [-0.39, 0.29) is 10.8 Å². The second kappa shape index (κ2) is 5.30. The number of aromatic nitrogens is 1. The number of pyridine rings is 1. The first kappa shape index (κ1) is 13.6. The van der Waals surface area contributed by atoms with E-state index in [4.69, 9.17) is 25.8 Å². The molecule has 22 heavy (non-hydrogen) atoms. The monoisotopic (exact) mass is 322 g/mol. The van der Waals surface area contributed by atoms with Crippen LogP contribution in [-0.2, 0) is 4.74 Å². The van der Waals surface area contributed by atoms with E-state index in [2.05, 4.69) is 4.98 Å². The Hall–Kier alpha value is -2.05. The van der Waals surface area contributed by atoms with Crippen LogP contribution in [0.2, 0.25) is 5.02 Å². The van der Waals surface area contributed by atoms with Gasteiger partial charge in [0.15, 0.2) is 23.1 Å². The van der Waals surface area contributed by atoms with Crippen LogP contribution >= 0.6 is 11.6 Å². The number of morpholine rings is 1. The predicted octanol–water partition coefficient (Wildman–Crippen LogP) is 3.61. The first-order valence-corrected chi connectivity index (χ1v) is 7.28. The third-order valence-corrected chi connectivity index (χ3v) is 3.91. The molecular formula is C15H12ClFN2O3. The van der Waals surface area contributed by atoms with Gasteiger partial charge in [0.2, 0.25) is 11.7 Å². The van der Waals surface area contributed by atoms with Crippen LogP contribution < -0.4 is 14.4 Å². The van der Waals surface area contributed by atoms with Gasteiger partial charge in [-0.25, -0.2) is 0 Å². The maximum Gasteiger partial charge on any atom is 0.237 e. The molecule has 0 radical (unpaired) electrons. The van der Waals surface area contributed by atoms with E-state index in [0.29, 0.717) is 49.4 Å². The Labute approximate surface area is 131 Å². The van der Waals surface area contributed by atoms with Gasteiger partial charge in [-0.2, -0.15) is 9.37 Å². The molecule has 3 heterocycles. The Balaban J connectivity index is 1.83. The molecule has 2 aliphatic heterocycles. The molecule has 7 heteroatoms. The summed E-state index contributed by atoms with van der Waals surface area (Å²) in [7, 11) is 0. The highest BCUT2D eigenvalue weighted by molar-refractivity contribution is 6.32. The van der Waals surface area contributed by atoms with Gasteiger partial charge in [-0.05, 0) is 12.1 Å². The molecular weight excluding hydrogens is 311 g/mol. The summed E-state index contributed by atoms with van der Waals surface area (Å²) < 4.78 is 31.0. The van der Waals surface area contributed by atoms with Gasteiger partial charge in [-0.1, -0.05) is 23.7 Å². The molecule has 5 nitrogen and oxygen atoms in total. The standard InChI is InChI=1S/C15H12ClFN2O3/c16-11-12-13(22-10-4-2-1-3-9(10)21-12)15(18-14(11)17)19-5-7-20-8-6-19/h1-4H,5-8H2. The van der Waals surface area contributed by atoms with Crippen molar-refractivity contribution < 1.29 is 18.6 Å². The van der Waals surface area contributed by atoms with E-state index < -0.39 is 5.95 Å². The van der Waals surface area contributed by atoms with Crippen molar-refractivity contribution in [2.75, 3.05) is 31.2 Å². The largest absolute Gasteiger partial charge is 0.448 e. The summed E-state index contributed by atoms with van der Waals surface area (Å²) >= 11 is 6.00. The summed E-state index contributed by atoms with van der Waals surface area (Å²) in [4.78, 5) is 5.85. The van der Waals surface area contributed by atoms with Crippen LogP contribution in [-0.4, -0.2) is 31.3 Å². The summed E-state index contributed by atoms with van der Waals surface area (Å²) in [5.41, 5.74) is 0. The fraction of sp³-hybridized carbons (Fsp3) is 0.267. The highest BCUT2D eigenvalue weighted by Gasteiger charge is 2.31. The zero-order valence-corrected chi connectivity index (χ0v) is 12.3. The second-order valence-electron chi connectivity index (χ2n) is 4.95. The van der Waals surface area contributed by atoms with Crippen molar-refractivity contribution >= 4 is 17.4 Å². The molecule has 0 unspecified atom stereocenters. The van der Waals surface area contributed by atoms with E-state index in [1.54, 1.807) is 12.1 Å². The summed E-state index contributed by atoms with van der Waals surface area (Å²) in [6.07, 6.45) is 0. The van der Waals surface area contributed by atoms with Crippen molar-refractivity contribution in [3.8, 4) is 23.0 Å². The lowest BCUT2D eigenvalue weighted by atomic mass is 10.2. The fourth-order valence-electron chi connectivity index (χ4n) is 2.50. The number of para-hydroxylation sites is 2. The summed E-state index contributed by atoms with van der Waals surface area (Å²) in [5, 5.41) is -0.179. The smallest absolute Gasteiger partial charge is 0.237 e. The summed E-state index contributed by atoms with van der Waals surface area (Å²) in [6.45, 7) is 2.31. The van der Waals surface area contributed by atoms with Gasteiger partial charge in [0.1, 0.15) is 5.02 Å². The third kappa shape index (κ3) is 2.15. The molecule has 2 aliphatic rings. The number of hydrogen-bond donors (Lipinski definition) is 0. The second-order valence-corrected chi connectivity index (χ2v) is 5.33. The quantitative estimate of drug-likeness (QED) is 0.640. The number of fused-ring (bicyclic) bond motifs is 2. The molecule has 114 valence electrons. The van der Waals surface area contributed by atoms with Crippen LogP contribution in [0.4, 0.5) is 10.2 Å². The van der Waals surface area contributed by atoms with Gasteiger partial charge >= 0.3 is 0 Å². The van der Waals surface area contributed by atoms with E-state index in [0.717, 1.165) is 0 Å². The van der Waals surface area contributed by atoms with Crippen LogP contribution in [0.5, 0.6) is 23.0 Å². The maximum atomic E-state index is 14.1. The Bertz CT molecular complexity index is 735. The minimum atomic E-state index is -0.773. The molecule has 1 saturated heterocycles. The molecule has 1 aromatic heterocycles. The van der Waals surface area contributed by atoms with Gasteiger partial charge in [-0.3, -0.25) is 0 Å². The van der Waals surface area contributed by atoms with Crippen molar-refractivity contribution in [1.29, 1.82) is 0 Å². The van der Waals surface area contributed by atoms with Gasteiger partial charge in [0.25, 0.3) is 0 Å². The van der Waals surface area contributed by atoms with Crippen LogP contribution in [0.15, 0.2) is 24.3 Å². The number of rotatable bonds is 1. The van der Waals surface area contributed by atoms with Crippen molar-refractivity contribution in [2.45, 2.75) is 0 Å². The fourth-order valence-corrected chi connectivity index (χ4v) is 2.67. The SMILES string of the molecule is Fc1nc(N2CCOCC2)c2c(c1Cl)Oc1ccccc1O2. The number of hydrogen-bond acceptors (Lipinski definition) is 5. The third-order valence-electron chi connectivity index (χ3n) is 3.58. The molecule has 0 aliphatic carbocycles. The molecule has 0 bridgehead atoms. The van der Waals surface area contributed by atoms with Gasteiger partial charge in [0.05, 0.1) is 13.2 Å². The molecule has 1 fully saturated rings. The zero-order chi connectivity index (χ0) is 15.1. The average Bonchev–Trinajstić information content (AvgIpc) is 2.57. The van der Waals surface area contributed by atoms with E-state index >= 15 is 0 Å².